The van der Waals surface area contributed by atoms with E-state index in [1.807, 2.05) is 12.3 Å². The summed E-state index contributed by atoms with van der Waals surface area (Å²) in [6.45, 7) is 7.53. The van der Waals surface area contributed by atoms with Gasteiger partial charge < -0.3 is 5.32 Å². The minimum absolute atomic E-state index is 0.512. The van der Waals surface area contributed by atoms with Crippen molar-refractivity contribution in [1.29, 1.82) is 0 Å². The van der Waals surface area contributed by atoms with Crippen molar-refractivity contribution >= 4 is 0 Å². The Bertz CT molecular complexity index is 528. The summed E-state index contributed by atoms with van der Waals surface area (Å²) in [6.07, 6.45) is 5.12. The molecule has 0 bridgehead atoms. The van der Waals surface area contributed by atoms with E-state index >= 15 is 0 Å². The molecule has 2 heteroatoms. The highest BCUT2D eigenvalue weighted by Crippen LogP contribution is 2.13. The second kappa shape index (κ2) is 7.94. The van der Waals surface area contributed by atoms with Gasteiger partial charge in [0.15, 0.2) is 0 Å². The molecular weight excluding hydrogens is 256 g/mol. The van der Waals surface area contributed by atoms with Crippen molar-refractivity contribution in [2.45, 2.75) is 46.1 Å². The largest absolute Gasteiger partial charge is 0.314 e. The molecule has 0 saturated carbocycles. The number of pyridine rings is 1. The molecule has 2 aromatic rings. The van der Waals surface area contributed by atoms with Gasteiger partial charge >= 0.3 is 0 Å². The van der Waals surface area contributed by atoms with E-state index in [4.69, 9.17) is 0 Å². The highest BCUT2D eigenvalue weighted by molar-refractivity contribution is 5.29. The fourth-order valence-electron chi connectivity index (χ4n) is 2.90. The summed E-state index contributed by atoms with van der Waals surface area (Å²) in [5, 5.41) is 3.61. The smallest absolute Gasteiger partial charge is 0.0404 e. The van der Waals surface area contributed by atoms with Crippen LogP contribution in [-0.4, -0.2) is 17.6 Å². The topological polar surface area (TPSA) is 24.9 Å². The van der Waals surface area contributed by atoms with Crippen molar-refractivity contribution in [3.63, 3.8) is 0 Å². The lowest BCUT2D eigenvalue weighted by Gasteiger charge is -2.18. The molecule has 1 aromatic heterocycles. The van der Waals surface area contributed by atoms with Gasteiger partial charge in [0, 0.05) is 17.9 Å². The Balaban J connectivity index is 1.98. The summed E-state index contributed by atoms with van der Waals surface area (Å²) in [5.41, 5.74) is 5.32. The second-order valence-corrected chi connectivity index (χ2v) is 5.81. The first-order valence-electron chi connectivity index (χ1n) is 7.88. The number of hydrogen-bond donors (Lipinski definition) is 1. The summed E-state index contributed by atoms with van der Waals surface area (Å²) in [6, 6.07) is 13.5. The van der Waals surface area contributed by atoms with Crippen LogP contribution in [0.25, 0.3) is 0 Å². The average molecular weight is 282 g/mol. The van der Waals surface area contributed by atoms with Gasteiger partial charge in [0.25, 0.3) is 0 Å². The normalized spacial score (nSPS) is 12.3. The Morgan fingerprint density at radius 3 is 2.48 bits per heavy atom. The van der Waals surface area contributed by atoms with Gasteiger partial charge in [-0.05, 0) is 57.4 Å². The number of nitrogens with one attached hydrogen (secondary N) is 1. The third-order valence-corrected chi connectivity index (χ3v) is 3.73. The van der Waals surface area contributed by atoms with Crippen molar-refractivity contribution in [2.75, 3.05) is 6.54 Å². The first-order valence-corrected chi connectivity index (χ1v) is 7.88. The molecule has 112 valence electrons. The fourth-order valence-corrected chi connectivity index (χ4v) is 2.90. The Labute approximate surface area is 128 Å². The Morgan fingerprint density at radius 2 is 1.86 bits per heavy atom. The minimum atomic E-state index is 0.512. The van der Waals surface area contributed by atoms with Crippen LogP contribution in [0.5, 0.6) is 0 Å². The van der Waals surface area contributed by atoms with E-state index < -0.39 is 0 Å². The van der Waals surface area contributed by atoms with Gasteiger partial charge in [-0.3, -0.25) is 4.98 Å². The van der Waals surface area contributed by atoms with Crippen molar-refractivity contribution in [3.8, 4) is 0 Å². The lowest BCUT2D eigenvalue weighted by Crippen LogP contribution is -2.31. The lowest BCUT2D eigenvalue weighted by atomic mass is 9.98. The fraction of sp³-hybridized carbons (Fsp3) is 0.421. The van der Waals surface area contributed by atoms with Crippen LogP contribution < -0.4 is 5.32 Å². The summed E-state index contributed by atoms with van der Waals surface area (Å²) < 4.78 is 0. The van der Waals surface area contributed by atoms with Gasteiger partial charge in [0.1, 0.15) is 0 Å². The van der Waals surface area contributed by atoms with Crippen LogP contribution in [0.2, 0.25) is 0 Å². The van der Waals surface area contributed by atoms with E-state index in [1.54, 1.807) is 0 Å². The summed E-state index contributed by atoms with van der Waals surface area (Å²) >= 11 is 0. The quantitative estimate of drug-likeness (QED) is 0.834. The molecule has 2 rings (SSSR count). The zero-order valence-electron chi connectivity index (χ0n) is 13.4. The number of rotatable bonds is 7. The first-order chi connectivity index (χ1) is 10.2. The van der Waals surface area contributed by atoms with Crippen molar-refractivity contribution in [2.24, 2.45) is 0 Å². The van der Waals surface area contributed by atoms with Crippen LogP contribution in [0, 0.1) is 13.8 Å². The number of aryl methyl sites for hydroxylation is 3. The molecule has 1 unspecified atom stereocenters. The number of hydrogen-bond acceptors (Lipinski definition) is 2. The van der Waals surface area contributed by atoms with Crippen LogP contribution in [0.4, 0.5) is 0 Å². The van der Waals surface area contributed by atoms with E-state index in [2.05, 4.69) is 61.4 Å². The van der Waals surface area contributed by atoms with Gasteiger partial charge in [0.2, 0.25) is 0 Å². The molecule has 0 fully saturated rings. The van der Waals surface area contributed by atoms with Gasteiger partial charge in [-0.25, -0.2) is 0 Å². The number of aromatic nitrogens is 1. The van der Waals surface area contributed by atoms with Crippen LogP contribution in [-0.2, 0) is 12.8 Å². The molecule has 0 aliphatic carbocycles. The molecule has 0 spiro atoms. The van der Waals surface area contributed by atoms with Gasteiger partial charge in [-0.1, -0.05) is 42.3 Å². The molecule has 0 amide bonds. The predicted molar refractivity (Wildman–Crippen MR) is 89.6 cm³/mol. The van der Waals surface area contributed by atoms with Crippen molar-refractivity contribution in [3.05, 3.63) is 65.0 Å². The van der Waals surface area contributed by atoms with E-state index in [9.17, 15) is 0 Å². The van der Waals surface area contributed by atoms with Crippen molar-refractivity contribution < 1.29 is 0 Å². The van der Waals surface area contributed by atoms with E-state index in [-0.39, 0.29) is 0 Å². The maximum Gasteiger partial charge on any atom is 0.0404 e. The highest BCUT2D eigenvalue weighted by atomic mass is 14.9. The van der Waals surface area contributed by atoms with Gasteiger partial charge in [-0.2, -0.15) is 0 Å². The zero-order valence-corrected chi connectivity index (χ0v) is 13.4. The number of nitrogens with zero attached hydrogens (tertiary/aromatic N) is 1. The van der Waals surface area contributed by atoms with Crippen LogP contribution >= 0.6 is 0 Å². The van der Waals surface area contributed by atoms with Crippen molar-refractivity contribution in [1.82, 2.24) is 10.3 Å². The van der Waals surface area contributed by atoms with Crippen LogP contribution in [0.1, 0.15) is 35.7 Å². The summed E-state index contributed by atoms with van der Waals surface area (Å²) in [4.78, 5) is 4.42. The summed E-state index contributed by atoms with van der Waals surface area (Å²) in [7, 11) is 0. The molecule has 0 aliphatic rings. The monoisotopic (exact) mass is 282 g/mol. The zero-order chi connectivity index (χ0) is 15.1. The number of benzene rings is 1. The molecule has 1 atom stereocenters. The molecule has 0 aliphatic heterocycles. The molecule has 0 radical (unpaired) electrons. The Kier molecular flexibility index (Phi) is 5.94. The molecule has 21 heavy (non-hydrogen) atoms. The van der Waals surface area contributed by atoms with Crippen LogP contribution in [0.15, 0.2) is 42.6 Å². The highest BCUT2D eigenvalue weighted by Gasteiger charge is 2.09. The van der Waals surface area contributed by atoms with Gasteiger partial charge in [0.05, 0.1) is 0 Å². The second-order valence-electron chi connectivity index (χ2n) is 5.81. The third-order valence-electron chi connectivity index (χ3n) is 3.73. The molecule has 1 aromatic carbocycles. The predicted octanol–water partition coefficient (Wildman–Crippen LogP) is 3.85. The lowest BCUT2D eigenvalue weighted by molar-refractivity contribution is 0.489. The van der Waals surface area contributed by atoms with E-state index in [0.717, 1.165) is 25.8 Å². The van der Waals surface area contributed by atoms with Crippen LogP contribution in [0.3, 0.4) is 0 Å². The standard InChI is InChI=1S/C19H26N2/c1-4-20-19(9-8-18-7-5-6-10-21-18)14-17-12-15(2)11-16(3)13-17/h5-7,10-13,19-20H,4,8-9,14H2,1-3H3. The first kappa shape index (κ1) is 15.7. The maximum absolute atomic E-state index is 4.42. The average Bonchev–Trinajstić information content (AvgIpc) is 2.45. The molecule has 1 N–H and O–H groups in total. The molecule has 1 heterocycles. The summed E-state index contributed by atoms with van der Waals surface area (Å²) in [5.74, 6) is 0. The Morgan fingerprint density at radius 1 is 1.10 bits per heavy atom. The minimum Gasteiger partial charge on any atom is -0.314 e. The Hall–Kier alpha value is -1.67. The van der Waals surface area contributed by atoms with E-state index in [1.165, 1.54) is 22.4 Å². The van der Waals surface area contributed by atoms with Gasteiger partial charge in [-0.15, -0.1) is 0 Å². The number of likely N-dealkylation sites (N-methyl/N-ethyl adjacent to an activating group) is 1. The maximum atomic E-state index is 4.42. The molecule has 0 saturated heterocycles. The molecule has 2 nitrogen and oxygen atoms in total. The van der Waals surface area contributed by atoms with E-state index in [0.29, 0.717) is 6.04 Å². The SMILES string of the molecule is CCNC(CCc1ccccn1)Cc1cc(C)cc(C)c1. The molecular formula is C19H26N2. The third kappa shape index (κ3) is 5.31.